The molecule has 0 heterocycles. The van der Waals surface area contributed by atoms with E-state index in [0.29, 0.717) is 6.42 Å². The fraction of sp³-hybridized carbons (Fsp3) is 0.958. The van der Waals surface area contributed by atoms with Crippen LogP contribution >= 0.6 is 0 Å². The minimum Gasteiger partial charge on any atom is -0.462 e. The highest BCUT2D eigenvalue weighted by molar-refractivity contribution is 5.69. The summed E-state index contributed by atoms with van der Waals surface area (Å²) in [5.41, 5.74) is 0. The molecule has 0 bridgehead atoms. The van der Waals surface area contributed by atoms with E-state index in [1.165, 1.54) is 96.3 Å². The highest BCUT2D eigenvalue weighted by Crippen LogP contribution is 2.17. The number of rotatable bonds is 20. The van der Waals surface area contributed by atoms with Crippen LogP contribution in [0.1, 0.15) is 143 Å². The molecule has 0 aromatic heterocycles. The molecule has 0 saturated heterocycles. The lowest BCUT2D eigenvalue weighted by Gasteiger charge is -2.18. The zero-order chi connectivity index (χ0) is 19.3. The molecule has 0 aromatic carbocycles. The van der Waals surface area contributed by atoms with E-state index < -0.39 is 0 Å². The molecule has 0 fully saturated rings. The van der Waals surface area contributed by atoms with Gasteiger partial charge in [-0.05, 0) is 32.1 Å². The maximum absolute atomic E-state index is 12.2. The Morgan fingerprint density at radius 1 is 0.577 bits per heavy atom. The fourth-order valence-electron chi connectivity index (χ4n) is 3.51. The molecule has 0 spiro atoms. The average molecular weight is 369 g/mol. The van der Waals surface area contributed by atoms with Crippen molar-refractivity contribution in [1.29, 1.82) is 0 Å². The number of esters is 1. The number of unbranched alkanes of at least 4 members (excludes halogenated alkanes) is 13. The first-order chi connectivity index (χ1) is 12.7. The van der Waals surface area contributed by atoms with Crippen molar-refractivity contribution in [2.24, 2.45) is 0 Å². The number of carbonyl (C=O) groups is 1. The van der Waals surface area contributed by atoms with E-state index in [-0.39, 0.29) is 12.1 Å². The van der Waals surface area contributed by atoms with Crippen LogP contribution in [0.3, 0.4) is 0 Å². The van der Waals surface area contributed by atoms with Gasteiger partial charge in [-0.2, -0.15) is 0 Å². The predicted octanol–water partition coefficient (Wildman–Crippen LogP) is 8.37. The van der Waals surface area contributed by atoms with E-state index in [2.05, 4.69) is 20.8 Å². The standard InChI is InChI=1S/C24H48O2/c1-4-7-10-13-14-15-16-19-22-24(25)26-23(20-17-11-8-5-2)21-18-12-9-6-3/h23H,4-22H2,1-3H3. The van der Waals surface area contributed by atoms with E-state index in [1.807, 2.05) is 0 Å². The van der Waals surface area contributed by atoms with Gasteiger partial charge in [0.2, 0.25) is 0 Å². The Labute approximate surface area is 164 Å². The van der Waals surface area contributed by atoms with Gasteiger partial charge in [0.05, 0.1) is 0 Å². The largest absolute Gasteiger partial charge is 0.462 e. The molecule has 0 radical (unpaired) electrons. The summed E-state index contributed by atoms with van der Waals surface area (Å²) in [6.45, 7) is 6.74. The second-order valence-corrected chi connectivity index (χ2v) is 8.04. The summed E-state index contributed by atoms with van der Waals surface area (Å²) in [4.78, 5) is 12.2. The van der Waals surface area contributed by atoms with Gasteiger partial charge >= 0.3 is 5.97 Å². The highest BCUT2D eigenvalue weighted by Gasteiger charge is 2.14. The van der Waals surface area contributed by atoms with Crippen LogP contribution in [0, 0.1) is 0 Å². The molecule has 0 aliphatic carbocycles. The topological polar surface area (TPSA) is 26.3 Å². The van der Waals surface area contributed by atoms with Crippen LogP contribution < -0.4 is 0 Å². The van der Waals surface area contributed by atoms with Crippen LogP contribution in [0.25, 0.3) is 0 Å². The van der Waals surface area contributed by atoms with Crippen molar-refractivity contribution in [3.8, 4) is 0 Å². The zero-order valence-electron chi connectivity index (χ0n) is 18.3. The third-order valence-electron chi connectivity index (χ3n) is 5.29. The quantitative estimate of drug-likeness (QED) is 0.159. The van der Waals surface area contributed by atoms with Gasteiger partial charge < -0.3 is 4.74 Å². The van der Waals surface area contributed by atoms with Gasteiger partial charge in [-0.25, -0.2) is 0 Å². The number of hydrogen-bond donors (Lipinski definition) is 0. The van der Waals surface area contributed by atoms with Crippen LogP contribution in [0.4, 0.5) is 0 Å². The first kappa shape index (κ1) is 25.5. The molecule has 0 aliphatic rings. The molecule has 0 amide bonds. The minimum absolute atomic E-state index is 0.0481. The van der Waals surface area contributed by atoms with Gasteiger partial charge in [0, 0.05) is 6.42 Å². The highest BCUT2D eigenvalue weighted by atomic mass is 16.5. The Balaban J connectivity index is 3.84. The molecule has 0 atom stereocenters. The summed E-state index contributed by atoms with van der Waals surface area (Å²) in [7, 11) is 0. The first-order valence-corrected chi connectivity index (χ1v) is 11.9. The Morgan fingerprint density at radius 2 is 0.962 bits per heavy atom. The molecule has 0 unspecified atom stereocenters. The molecule has 2 nitrogen and oxygen atoms in total. The predicted molar refractivity (Wildman–Crippen MR) is 115 cm³/mol. The second-order valence-electron chi connectivity index (χ2n) is 8.04. The normalized spacial score (nSPS) is 11.2. The van der Waals surface area contributed by atoms with Crippen LogP contribution in [0.2, 0.25) is 0 Å². The smallest absolute Gasteiger partial charge is 0.306 e. The van der Waals surface area contributed by atoms with E-state index in [4.69, 9.17) is 4.74 Å². The van der Waals surface area contributed by atoms with Crippen molar-refractivity contribution < 1.29 is 9.53 Å². The fourth-order valence-corrected chi connectivity index (χ4v) is 3.51. The Kier molecular flexibility index (Phi) is 20.4. The summed E-state index contributed by atoms with van der Waals surface area (Å²) >= 11 is 0. The van der Waals surface area contributed by atoms with Gasteiger partial charge in [0.25, 0.3) is 0 Å². The van der Waals surface area contributed by atoms with Gasteiger partial charge in [-0.15, -0.1) is 0 Å². The molecule has 0 N–H and O–H groups in total. The van der Waals surface area contributed by atoms with Crippen molar-refractivity contribution in [1.82, 2.24) is 0 Å². The van der Waals surface area contributed by atoms with E-state index in [1.54, 1.807) is 0 Å². The summed E-state index contributed by atoms with van der Waals surface area (Å²) in [6.07, 6.45) is 23.2. The number of carbonyl (C=O) groups excluding carboxylic acids is 1. The zero-order valence-corrected chi connectivity index (χ0v) is 18.3. The summed E-state index contributed by atoms with van der Waals surface area (Å²) in [5, 5.41) is 0. The lowest BCUT2D eigenvalue weighted by Crippen LogP contribution is -2.18. The molecule has 2 heteroatoms. The summed E-state index contributed by atoms with van der Waals surface area (Å²) in [5.74, 6) is 0.0481. The molecule has 26 heavy (non-hydrogen) atoms. The van der Waals surface area contributed by atoms with Crippen molar-refractivity contribution in [3.63, 3.8) is 0 Å². The van der Waals surface area contributed by atoms with Crippen molar-refractivity contribution >= 4 is 5.97 Å². The monoisotopic (exact) mass is 368 g/mol. The summed E-state index contributed by atoms with van der Waals surface area (Å²) < 4.78 is 5.83. The van der Waals surface area contributed by atoms with Crippen molar-refractivity contribution in [2.75, 3.05) is 0 Å². The van der Waals surface area contributed by atoms with Gasteiger partial charge in [-0.1, -0.05) is 104 Å². The average Bonchev–Trinajstić information content (AvgIpc) is 2.64. The maximum atomic E-state index is 12.2. The number of hydrogen-bond acceptors (Lipinski definition) is 2. The molecular weight excluding hydrogens is 320 g/mol. The molecule has 0 rings (SSSR count). The van der Waals surface area contributed by atoms with Gasteiger partial charge in [-0.3, -0.25) is 4.79 Å². The summed E-state index contributed by atoms with van der Waals surface area (Å²) in [6, 6.07) is 0. The van der Waals surface area contributed by atoms with E-state index >= 15 is 0 Å². The van der Waals surface area contributed by atoms with Crippen molar-refractivity contribution in [2.45, 2.75) is 149 Å². The van der Waals surface area contributed by atoms with Crippen molar-refractivity contribution in [3.05, 3.63) is 0 Å². The van der Waals surface area contributed by atoms with Crippen LogP contribution in [0.5, 0.6) is 0 Å². The second kappa shape index (κ2) is 20.8. The third kappa shape index (κ3) is 18.3. The molecule has 0 saturated carbocycles. The lowest BCUT2D eigenvalue weighted by atomic mass is 10.0. The SMILES string of the molecule is CCCCCCCCCCC(=O)OC(CCCCCC)CCCCCC. The maximum Gasteiger partial charge on any atom is 0.306 e. The molecular formula is C24H48O2. The lowest BCUT2D eigenvalue weighted by molar-refractivity contribution is -0.150. The van der Waals surface area contributed by atoms with E-state index in [9.17, 15) is 4.79 Å². The third-order valence-corrected chi connectivity index (χ3v) is 5.29. The minimum atomic E-state index is 0.0481. The Hall–Kier alpha value is -0.530. The van der Waals surface area contributed by atoms with Crippen LogP contribution in [-0.2, 0) is 9.53 Å². The Morgan fingerprint density at radius 3 is 1.42 bits per heavy atom. The van der Waals surface area contributed by atoms with E-state index in [0.717, 1.165) is 19.3 Å². The van der Waals surface area contributed by atoms with Crippen LogP contribution in [0.15, 0.2) is 0 Å². The molecule has 156 valence electrons. The number of ether oxygens (including phenoxy) is 1. The van der Waals surface area contributed by atoms with Gasteiger partial charge in [0.15, 0.2) is 0 Å². The first-order valence-electron chi connectivity index (χ1n) is 11.9. The van der Waals surface area contributed by atoms with Gasteiger partial charge in [0.1, 0.15) is 6.10 Å². The Bertz CT molecular complexity index is 276. The molecule has 0 aliphatic heterocycles. The van der Waals surface area contributed by atoms with Crippen LogP contribution in [-0.4, -0.2) is 12.1 Å². The molecule has 0 aromatic rings.